The third-order valence-corrected chi connectivity index (χ3v) is 9.29. The molecule has 0 aliphatic heterocycles. The Balaban J connectivity index is 1.28. The molecule has 0 saturated heterocycles. The average Bonchev–Trinajstić information content (AvgIpc) is 3.10. The molecule has 40 heavy (non-hydrogen) atoms. The smallest absolute Gasteiger partial charge is 0.228 e. The minimum Gasteiger partial charge on any atom is -0.351 e. The van der Waals surface area contributed by atoms with Crippen molar-refractivity contribution in [2.24, 2.45) is 5.92 Å². The van der Waals surface area contributed by atoms with Gasteiger partial charge in [0.05, 0.1) is 5.92 Å². The number of hydrogen-bond donors (Lipinski definition) is 1. The van der Waals surface area contributed by atoms with Crippen LogP contribution in [0.2, 0.25) is 0 Å². The summed E-state index contributed by atoms with van der Waals surface area (Å²) in [6.45, 7) is 5.75. The van der Waals surface area contributed by atoms with E-state index in [-0.39, 0.29) is 11.8 Å². The summed E-state index contributed by atoms with van der Waals surface area (Å²) in [5, 5.41) is 4.66. The van der Waals surface area contributed by atoms with Crippen molar-refractivity contribution in [3.8, 4) is 0 Å². The normalized spacial score (nSPS) is 16.9. The molecule has 0 spiro atoms. The van der Waals surface area contributed by atoms with Crippen molar-refractivity contribution < 1.29 is 4.79 Å². The summed E-state index contributed by atoms with van der Waals surface area (Å²) in [6, 6.07) is 21.5. The van der Waals surface area contributed by atoms with Crippen molar-refractivity contribution in [1.29, 1.82) is 0 Å². The van der Waals surface area contributed by atoms with Gasteiger partial charge in [-0.15, -0.1) is 0 Å². The van der Waals surface area contributed by atoms with Crippen LogP contribution < -0.4 is 5.32 Å². The number of amides is 1. The fraction of sp³-hybridized carbons (Fsp3) is 0.444. The molecule has 1 N–H and O–H groups in total. The molecule has 2 aromatic heterocycles. The molecule has 4 nitrogen and oxygen atoms in total. The molecule has 6 rings (SSSR count). The molecular formula is C36H43N3O. The molecule has 0 radical (unpaired) electrons. The van der Waals surface area contributed by atoms with Gasteiger partial charge in [0.2, 0.25) is 5.91 Å². The van der Waals surface area contributed by atoms with Crippen LogP contribution in [0.25, 0.3) is 11.0 Å². The van der Waals surface area contributed by atoms with E-state index in [4.69, 9.17) is 4.98 Å². The van der Waals surface area contributed by atoms with E-state index in [2.05, 4.69) is 66.2 Å². The molecule has 2 heterocycles. The van der Waals surface area contributed by atoms with Gasteiger partial charge in [0, 0.05) is 29.9 Å². The number of pyridine rings is 1. The second-order valence-electron chi connectivity index (χ2n) is 12.2. The Bertz CT molecular complexity index is 1460. The second-order valence-corrected chi connectivity index (χ2v) is 12.2. The molecular weight excluding hydrogens is 490 g/mol. The van der Waals surface area contributed by atoms with E-state index in [1.165, 1.54) is 66.3 Å². The molecule has 208 valence electrons. The minimum atomic E-state index is -0.0944. The molecule has 2 aromatic carbocycles. The average molecular weight is 534 g/mol. The Labute approximate surface area is 239 Å². The van der Waals surface area contributed by atoms with Crippen molar-refractivity contribution in [2.45, 2.75) is 97.1 Å². The SMILES string of the molecule is Cc1cc(C)c2c3c(n(Cc4ccc(C(C(=O)NCc5ccccc5)C5CCCCCC5)cc4)c2n1)CCCC3. The molecule has 1 saturated carbocycles. The lowest BCUT2D eigenvalue weighted by Gasteiger charge is -2.26. The Morgan fingerprint density at radius 3 is 2.38 bits per heavy atom. The highest BCUT2D eigenvalue weighted by Gasteiger charge is 2.30. The van der Waals surface area contributed by atoms with Crippen LogP contribution in [0.1, 0.15) is 96.5 Å². The van der Waals surface area contributed by atoms with Crippen LogP contribution in [0.3, 0.4) is 0 Å². The van der Waals surface area contributed by atoms with E-state index < -0.39 is 0 Å². The van der Waals surface area contributed by atoms with Gasteiger partial charge in [0.25, 0.3) is 0 Å². The van der Waals surface area contributed by atoms with Gasteiger partial charge >= 0.3 is 0 Å². The molecule has 2 aliphatic carbocycles. The van der Waals surface area contributed by atoms with Crippen molar-refractivity contribution in [2.75, 3.05) is 0 Å². The Hall–Kier alpha value is -3.40. The van der Waals surface area contributed by atoms with E-state index in [1.54, 1.807) is 0 Å². The van der Waals surface area contributed by atoms with E-state index in [1.807, 2.05) is 18.2 Å². The predicted octanol–water partition coefficient (Wildman–Crippen LogP) is 7.95. The fourth-order valence-corrected chi connectivity index (χ4v) is 7.33. The zero-order chi connectivity index (χ0) is 27.5. The maximum atomic E-state index is 13.7. The zero-order valence-corrected chi connectivity index (χ0v) is 24.2. The third-order valence-electron chi connectivity index (χ3n) is 9.29. The van der Waals surface area contributed by atoms with Crippen LogP contribution in [0.4, 0.5) is 0 Å². The van der Waals surface area contributed by atoms with Gasteiger partial charge in [0.15, 0.2) is 0 Å². The number of carbonyl (C=O) groups is 1. The Morgan fingerprint density at radius 2 is 1.62 bits per heavy atom. The standard InChI is InChI=1S/C36H43N3O/c1-25-22-26(2)38-35-33(25)31-16-10-11-17-32(31)39(35)24-28-18-20-30(21-19-28)34(29-14-8-3-4-9-15-29)36(40)37-23-27-12-6-5-7-13-27/h5-7,12-13,18-22,29,34H,3-4,8-11,14-17,23-24H2,1-2H3,(H,37,40). The summed E-state index contributed by atoms with van der Waals surface area (Å²) in [5.74, 6) is 0.479. The quantitative estimate of drug-likeness (QED) is 0.245. The first-order valence-corrected chi connectivity index (χ1v) is 15.5. The van der Waals surface area contributed by atoms with E-state index in [0.29, 0.717) is 12.5 Å². The molecule has 1 amide bonds. The highest BCUT2D eigenvalue weighted by atomic mass is 16.1. The maximum absolute atomic E-state index is 13.7. The van der Waals surface area contributed by atoms with Crippen molar-refractivity contribution in [3.05, 3.63) is 99.9 Å². The maximum Gasteiger partial charge on any atom is 0.228 e. The monoisotopic (exact) mass is 533 g/mol. The summed E-state index contributed by atoms with van der Waals surface area (Å²) in [7, 11) is 0. The number of aryl methyl sites for hydroxylation is 3. The highest BCUT2D eigenvalue weighted by Crippen LogP contribution is 2.37. The lowest BCUT2D eigenvalue weighted by Crippen LogP contribution is -2.33. The van der Waals surface area contributed by atoms with Gasteiger partial charge in [-0.2, -0.15) is 0 Å². The summed E-state index contributed by atoms with van der Waals surface area (Å²) in [5.41, 5.74) is 10.2. The molecule has 1 fully saturated rings. The first-order chi connectivity index (χ1) is 19.6. The molecule has 2 aliphatic rings. The number of rotatable bonds is 7. The lowest BCUT2D eigenvalue weighted by atomic mass is 9.80. The van der Waals surface area contributed by atoms with Gasteiger partial charge in [-0.1, -0.05) is 80.3 Å². The first kappa shape index (κ1) is 26.8. The largest absolute Gasteiger partial charge is 0.351 e. The number of nitrogens with one attached hydrogen (secondary N) is 1. The summed E-state index contributed by atoms with van der Waals surface area (Å²) < 4.78 is 2.48. The molecule has 1 unspecified atom stereocenters. The molecule has 1 atom stereocenters. The number of fused-ring (bicyclic) bond motifs is 3. The topological polar surface area (TPSA) is 46.9 Å². The van der Waals surface area contributed by atoms with Crippen LogP contribution in [0.15, 0.2) is 60.7 Å². The third kappa shape index (κ3) is 5.59. The van der Waals surface area contributed by atoms with Gasteiger partial charge in [-0.25, -0.2) is 4.98 Å². The van der Waals surface area contributed by atoms with Gasteiger partial charge in [-0.3, -0.25) is 4.79 Å². The van der Waals surface area contributed by atoms with Crippen molar-refractivity contribution >= 4 is 16.9 Å². The Morgan fingerprint density at radius 1 is 0.900 bits per heavy atom. The number of carbonyl (C=O) groups excluding carboxylic acids is 1. The van der Waals surface area contributed by atoms with Gasteiger partial charge in [-0.05, 0) is 92.2 Å². The van der Waals surface area contributed by atoms with E-state index in [0.717, 1.165) is 54.7 Å². The van der Waals surface area contributed by atoms with Gasteiger partial charge in [0.1, 0.15) is 5.65 Å². The van der Waals surface area contributed by atoms with Crippen LogP contribution in [0, 0.1) is 19.8 Å². The summed E-state index contributed by atoms with van der Waals surface area (Å²) in [6.07, 6.45) is 12.1. The lowest BCUT2D eigenvalue weighted by molar-refractivity contribution is -0.124. The number of hydrogen-bond acceptors (Lipinski definition) is 2. The van der Waals surface area contributed by atoms with Crippen molar-refractivity contribution in [3.63, 3.8) is 0 Å². The van der Waals surface area contributed by atoms with Gasteiger partial charge < -0.3 is 9.88 Å². The molecule has 4 heteroatoms. The number of nitrogens with zero attached hydrogens (tertiary/aromatic N) is 2. The number of aromatic nitrogens is 2. The van der Waals surface area contributed by atoms with Crippen molar-refractivity contribution in [1.82, 2.24) is 14.9 Å². The van der Waals surface area contributed by atoms with Crippen LogP contribution in [0.5, 0.6) is 0 Å². The van der Waals surface area contributed by atoms with Crippen LogP contribution >= 0.6 is 0 Å². The molecule has 4 aromatic rings. The van der Waals surface area contributed by atoms with E-state index >= 15 is 0 Å². The van der Waals surface area contributed by atoms with Crippen LogP contribution in [-0.4, -0.2) is 15.5 Å². The second kappa shape index (κ2) is 12.0. The van der Waals surface area contributed by atoms with E-state index in [9.17, 15) is 4.79 Å². The molecule has 0 bridgehead atoms. The highest BCUT2D eigenvalue weighted by molar-refractivity contribution is 5.86. The predicted molar refractivity (Wildman–Crippen MR) is 164 cm³/mol. The fourth-order valence-electron chi connectivity index (χ4n) is 7.33. The first-order valence-electron chi connectivity index (χ1n) is 15.5. The number of benzene rings is 2. The summed E-state index contributed by atoms with van der Waals surface area (Å²) in [4.78, 5) is 18.7. The Kier molecular flexibility index (Phi) is 8.04. The summed E-state index contributed by atoms with van der Waals surface area (Å²) >= 11 is 0. The van der Waals surface area contributed by atoms with Crippen LogP contribution in [-0.2, 0) is 30.7 Å². The zero-order valence-electron chi connectivity index (χ0n) is 24.2. The minimum absolute atomic E-state index is 0.0944.